The molecule has 2 aromatic rings. The van der Waals surface area contributed by atoms with E-state index in [0.29, 0.717) is 16.5 Å². The number of hydrogen-bond donors (Lipinski definition) is 1. The Labute approximate surface area is 144 Å². The predicted molar refractivity (Wildman–Crippen MR) is 97.3 cm³/mol. The molecule has 0 aliphatic rings. The minimum Gasteiger partial charge on any atom is -0.322 e. The molecule has 4 heteroatoms. The summed E-state index contributed by atoms with van der Waals surface area (Å²) in [7, 11) is 0. The summed E-state index contributed by atoms with van der Waals surface area (Å²) in [4.78, 5) is 12.5. The van der Waals surface area contributed by atoms with Crippen molar-refractivity contribution in [1.82, 2.24) is 0 Å². The van der Waals surface area contributed by atoms with Crippen LogP contribution in [0.4, 0.5) is 5.69 Å². The summed E-state index contributed by atoms with van der Waals surface area (Å²) in [6, 6.07) is 13.3. The summed E-state index contributed by atoms with van der Waals surface area (Å²) < 4.78 is 0.984. The van der Waals surface area contributed by atoms with Crippen molar-refractivity contribution >= 4 is 45.8 Å². The second-order valence-electron chi connectivity index (χ2n) is 4.97. The van der Waals surface area contributed by atoms with Crippen LogP contribution in [0.15, 0.2) is 42.5 Å². The summed E-state index contributed by atoms with van der Waals surface area (Å²) in [5.41, 5.74) is 2.50. The number of anilines is 1. The highest BCUT2D eigenvalue weighted by molar-refractivity contribution is 14.1. The number of carbonyl (C=O) groups is 1. The van der Waals surface area contributed by atoms with Crippen LogP contribution in [0.25, 0.3) is 0 Å². The number of nitrogens with one attached hydrogen (secondary N) is 1. The zero-order chi connectivity index (χ0) is 15.4. The van der Waals surface area contributed by atoms with E-state index >= 15 is 0 Å². The van der Waals surface area contributed by atoms with Crippen LogP contribution in [-0.2, 0) is 0 Å². The Balaban J connectivity index is 2.30. The SMILES string of the molecule is CC[C@H](C)c1ccccc1NC(=O)c1cc(I)ccc1Cl. The van der Waals surface area contributed by atoms with Gasteiger partial charge in [0.2, 0.25) is 0 Å². The van der Waals surface area contributed by atoms with Crippen molar-refractivity contribution in [3.8, 4) is 0 Å². The average Bonchev–Trinajstić information content (AvgIpc) is 2.49. The van der Waals surface area contributed by atoms with Crippen LogP contribution >= 0.6 is 34.2 Å². The second-order valence-corrected chi connectivity index (χ2v) is 6.63. The van der Waals surface area contributed by atoms with Gasteiger partial charge in [-0.2, -0.15) is 0 Å². The molecule has 0 saturated carbocycles. The Bertz CT molecular complexity index is 657. The fraction of sp³-hybridized carbons (Fsp3) is 0.235. The normalized spacial score (nSPS) is 12.0. The van der Waals surface area contributed by atoms with Crippen molar-refractivity contribution in [2.45, 2.75) is 26.2 Å². The first-order chi connectivity index (χ1) is 10.0. The molecular formula is C17H17ClINO. The van der Waals surface area contributed by atoms with Gasteiger partial charge in [-0.1, -0.05) is 43.6 Å². The molecular weight excluding hydrogens is 397 g/mol. The van der Waals surface area contributed by atoms with E-state index in [4.69, 9.17) is 11.6 Å². The summed E-state index contributed by atoms with van der Waals surface area (Å²) >= 11 is 8.29. The molecule has 1 atom stereocenters. The zero-order valence-corrected chi connectivity index (χ0v) is 14.9. The van der Waals surface area contributed by atoms with Gasteiger partial charge in [-0.15, -0.1) is 0 Å². The van der Waals surface area contributed by atoms with Crippen LogP contribution in [-0.4, -0.2) is 5.91 Å². The minimum atomic E-state index is -0.172. The Morgan fingerprint density at radius 3 is 2.71 bits per heavy atom. The number of amides is 1. The number of carbonyl (C=O) groups excluding carboxylic acids is 1. The number of hydrogen-bond acceptors (Lipinski definition) is 1. The summed E-state index contributed by atoms with van der Waals surface area (Å²) in [6.07, 6.45) is 1.02. The molecule has 0 aliphatic carbocycles. The molecule has 0 saturated heterocycles. The van der Waals surface area contributed by atoms with Crippen molar-refractivity contribution in [1.29, 1.82) is 0 Å². The third kappa shape index (κ3) is 3.98. The van der Waals surface area contributed by atoms with Crippen molar-refractivity contribution in [2.24, 2.45) is 0 Å². The van der Waals surface area contributed by atoms with E-state index in [2.05, 4.69) is 47.8 Å². The van der Waals surface area contributed by atoms with E-state index in [1.807, 2.05) is 24.3 Å². The quantitative estimate of drug-likeness (QED) is 0.639. The van der Waals surface area contributed by atoms with Crippen molar-refractivity contribution in [3.05, 3.63) is 62.2 Å². The van der Waals surface area contributed by atoms with Gasteiger partial charge in [0.15, 0.2) is 0 Å². The lowest BCUT2D eigenvalue weighted by Crippen LogP contribution is -2.14. The van der Waals surface area contributed by atoms with Crippen LogP contribution in [0, 0.1) is 3.57 Å². The largest absolute Gasteiger partial charge is 0.322 e. The molecule has 0 aromatic heterocycles. The van der Waals surface area contributed by atoms with E-state index in [1.165, 1.54) is 0 Å². The Hall–Kier alpha value is -1.07. The van der Waals surface area contributed by atoms with E-state index in [1.54, 1.807) is 12.1 Å². The maximum Gasteiger partial charge on any atom is 0.257 e. The first-order valence-corrected chi connectivity index (χ1v) is 8.34. The summed E-state index contributed by atoms with van der Waals surface area (Å²) in [6.45, 7) is 4.29. The topological polar surface area (TPSA) is 29.1 Å². The first-order valence-electron chi connectivity index (χ1n) is 6.88. The number of rotatable bonds is 4. The molecule has 2 aromatic carbocycles. The smallest absolute Gasteiger partial charge is 0.257 e. The predicted octanol–water partition coefficient (Wildman–Crippen LogP) is 5.71. The van der Waals surface area contributed by atoms with Gasteiger partial charge in [0.05, 0.1) is 10.6 Å². The first kappa shape index (κ1) is 16.3. The minimum absolute atomic E-state index is 0.172. The van der Waals surface area contributed by atoms with Gasteiger partial charge < -0.3 is 5.32 Å². The standard InChI is InChI=1S/C17H17ClINO/c1-3-11(2)13-6-4-5-7-16(13)20-17(21)14-10-12(19)8-9-15(14)18/h4-11H,3H2,1-2H3,(H,20,21)/t11-/m0/s1. The monoisotopic (exact) mass is 413 g/mol. The zero-order valence-electron chi connectivity index (χ0n) is 12.0. The Morgan fingerprint density at radius 1 is 1.29 bits per heavy atom. The molecule has 0 radical (unpaired) electrons. The van der Waals surface area contributed by atoms with E-state index in [9.17, 15) is 4.79 Å². The third-order valence-electron chi connectivity index (χ3n) is 3.53. The van der Waals surface area contributed by atoms with E-state index < -0.39 is 0 Å². The molecule has 0 spiro atoms. The molecule has 0 heterocycles. The van der Waals surface area contributed by atoms with Gasteiger partial charge in [-0.25, -0.2) is 0 Å². The highest BCUT2D eigenvalue weighted by atomic mass is 127. The molecule has 0 unspecified atom stereocenters. The summed E-state index contributed by atoms with van der Waals surface area (Å²) in [5, 5.41) is 3.45. The molecule has 0 aliphatic heterocycles. The average molecular weight is 414 g/mol. The van der Waals surface area contributed by atoms with Gasteiger partial charge in [0.25, 0.3) is 5.91 Å². The number of halogens is 2. The maximum absolute atomic E-state index is 12.5. The van der Waals surface area contributed by atoms with Crippen molar-refractivity contribution < 1.29 is 4.79 Å². The van der Waals surface area contributed by atoms with Crippen LogP contribution in [0.2, 0.25) is 5.02 Å². The highest BCUT2D eigenvalue weighted by Gasteiger charge is 2.14. The number of para-hydroxylation sites is 1. The number of benzene rings is 2. The van der Waals surface area contributed by atoms with Gasteiger partial charge >= 0.3 is 0 Å². The van der Waals surface area contributed by atoms with Gasteiger partial charge in [0.1, 0.15) is 0 Å². The lowest BCUT2D eigenvalue weighted by Gasteiger charge is -2.16. The van der Waals surface area contributed by atoms with Gasteiger partial charge in [-0.3, -0.25) is 4.79 Å². The van der Waals surface area contributed by atoms with Crippen LogP contribution in [0.1, 0.15) is 42.1 Å². The fourth-order valence-electron chi connectivity index (χ4n) is 2.12. The molecule has 1 N–H and O–H groups in total. The van der Waals surface area contributed by atoms with Crippen LogP contribution in [0.3, 0.4) is 0 Å². The molecule has 2 nitrogen and oxygen atoms in total. The second kappa shape index (κ2) is 7.27. The van der Waals surface area contributed by atoms with E-state index in [0.717, 1.165) is 21.2 Å². The lowest BCUT2D eigenvalue weighted by atomic mass is 9.97. The van der Waals surface area contributed by atoms with E-state index in [-0.39, 0.29) is 5.91 Å². The highest BCUT2D eigenvalue weighted by Crippen LogP contribution is 2.27. The molecule has 110 valence electrons. The van der Waals surface area contributed by atoms with Gasteiger partial charge in [-0.05, 0) is 64.8 Å². The molecule has 21 heavy (non-hydrogen) atoms. The molecule has 1 amide bonds. The summed E-state index contributed by atoms with van der Waals surface area (Å²) in [5.74, 6) is 0.224. The van der Waals surface area contributed by atoms with Crippen LogP contribution in [0.5, 0.6) is 0 Å². The maximum atomic E-state index is 12.5. The Kier molecular flexibility index (Phi) is 5.65. The molecule has 2 rings (SSSR count). The third-order valence-corrected chi connectivity index (χ3v) is 4.53. The van der Waals surface area contributed by atoms with Crippen molar-refractivity contribution in [2.75, 3.05) is 5.32 Å². The Morgan fingerprint density at radius 2 is 2.00 bits per heavy atom. The van der Waals surface area contributed by atoms with Crippen LogP contribution < -0.4 is 5.32 Å². The fourth-order valence-corrected chi connectivity index (χ4v) is 2.82. The lowest BCUT2D eigenvalue weighted by molar-refractivity contribution is 0.102. The molecule has 0 fully saturated rings. The van der Waals surface area contributed by atoms with Crippen molar-refractivity contribution in [3.63, 3.8) is 0 Å². The van der Waals surface area contributed by atoms with Gasteiger partial charge in [0, 0.05) is 9.26 Å². The molecule has 0 bridgehead atoms.